The van der Waals surface area contributed by atoms with Crippen LogP contribution in [-0.2, 0) is 40.4 Å². The van der Waals surface area contributed by atoms with Crippen LogP contribution in [0, 0.1) is 5.82 Å². The number of hydrogen-bond acceptors (Lipinski definition) is 6. The van der Waals surface area contributed by atoms with Gasteiger partial charge in [0.15, 0.2) is 0 Å². The Labute approximate surface area is 209 Å². The summed E-state index contributed by atoms with van der Waals surface area (Å²) >= 11 is 0. The van der Waals surface area contributed by atoms with Crippen LogP contribution in [0.2, 0.25) is 0 Å². The summed E-state index contributed by atoms with van der Waals surface area (Å²) in [5.41, 5.74) is 4.01. The van der Waals surface area contributed by atoms with Gasteiger partial charge in [0.2, 0.25) is 0 Å². The maximum Gasteiger partial charge on any atom is 0.528 e. The van der Waals surface area contributed by atoms with Crippen molar-refractivity contribution in [2.24, 2.45) is 0 Å². The molecule has 0 fully saturated rings. The molecule has 0 unspecified atom stereocenters. The molecule has 36 heavy (non-hydrogen) atoms. The molecule has 1 heterocycles. The topological polar surface area (TPSA) is 85.3 Å². The fourth-order valence-electron chi connectivity index (χ4n) is 4.20. The van der Waals surface area contributed by atoms with Crippen LogP contribution in [0.4, 0.5) is 9.18 Å². The van der Waals surface area contributed by atoms with E-state index in [0.29, 0.717) is 53.1 Å². The molecule has 0 aliphatic carbocycles. The zero-order valence-electron chi connectivity index (χ0n) is 20.0. The van der Waals surface area contributed by atoms with Gasteiger partial charge in [0.25, 0.3) is 0 Å². The predicted octanol–water partition coefficient (Wildman–Crippen LogP) is 5.54. The van der Waals surface area contributed by atoms with Crippen LogP contribution in [0.5, 0.6) is 5.75 Å². The molecule has 8 heteroatoms. The van der Waals surface area contributed by atoms with Gasteiger partial charge < -0.3 is 19.4 Å². The third-order valence-electron chi connectivity index (χ3n) is 5.87. The third kappa shape index (κ3) is 6.20. The molecule has 188 valence electrons. The van der Waals surface area contributed by atoms with Gasteiger partial charge in [-0.15, -0.1) is 5.06 Å². The average Bonchev–Trinajstić information content (AvgIpc) is 2.87. The van der Waals surface area contributed by atoms with E-state index < -0.39 is 12.1 Å². The van der Waals surface area contributed by atoms with Crippen LogP contribution < -0.4 is 4.74 Å². The summed E-state index contributed by atoms with van der Waals surface area (Å²) in [6.07, 6.45) is 0.147. The number of carbonyl (C=O) groups excluding carboxylic acids is 1. The molecule has 3 aromatic carbocycles. The normalized spacial score (nSPS) is 13.1. The van der Waals surface area contributed by atoms with Crippen molar-refractivity contribution in [1.29, 1.82) is 0 Å². The molecule has 1 N–H and O–H groups in total. The Balaban J connectivity index is 1.58. The number of halogens is 1. The molecule has 1 aliphatic heterocycles. The van der Waals surface area contributed by atoms with Crippen LogP contribution in [0.3, 0.4) is 0 Å². The molecule has 0 radical (unpaired) electrons. The second-order valence-corrected chi connectivity index (χ2v) is 8.53. The van der Waals surface area contributed by atoms with Crippen LogP contribution in [0.15, 0.2) is 60.7 Å². The van der Waals surface area contributed by atoms with Crippen LogP contribution in [-0.4, -0.2) is 35.4 Å². The first-order valence-corrected chi connectivity index (χ1v) is 11.9. The number of carbonyl (C=O) groups is 2. The number of nitrogens with zero attached hydrogens (tertiary/aromatic N) is 1. The number of aliphatic carboxylic acids is 1. The van der Waals surface area contributed by atoms with Gasteiger partial charge in [0, 0.05) is 12.1 Å². The molecule has 0 atom stereocenters. The van der Waals surface area contributed by atoms with Crippen LogP contribution >= 0.6 is 0 Å². The Bertz CT molecular complexity index is 1230. The minimum Gasteiger partial charge on any atom is -0.493 e. The van der Waals surface area contributed by atoms with Crippen molar-refractivity contribution >= 4 is 12.1 Å². The maximum absolute atomic E-state index is 14.8. The summed E-state index contributed by atoms with van der Waals surface area (Å²) in [5.74, 6) is -0.698. The molecule has 0 aromatic heterocycles. The number of ether oxygens (including phenoxy) is 2. The molecular weight excluding hydrogens is 465 g/mol. The van der Waals surface area contributed by atoms with Crippen molar-refractivity contribution < 1.29 is 33.4 Å². The molecule has 1 aliphatic rings. The third-order valence-corrected chi connectivity index (χ3v) is 5.87. The van der Waals surface area contributed by atoms with Gasteiger partial charge in [0.05, 0.1) is 19.6 Å². The predicted molar refractivity (Wildman–Crippen MR) is 131 cm³/mol. The van der Waals surface area contributed by atoms with Crippen molar-refractivity contribution in [2.45, 2.75) is 39.3 Å². The summed E-state index contributed by atoms with van der Waals surface area (Å²) in [7, 11) is 0. The molecule has 7 nitrogen and oxygen atoms in total. The highest BCUT2D eigenvalue weighted by Gasteiger charge is 2.27. The number of benzene rings is 3. The zero-order valence-corrected chi connectivity index (χ0v) is 20.0. The molecule has 0 bridgehead atoms. The highest BCUT2D eigenvalue weighted by molar-refractivity contribution is 5.77. The first kappa shape index (κ1) is 25.2. The van der Waals surface area contributed by atoms with Gasteiger partial charge in [-0.05, 0) is 58.9 Å². The summed E-state index contributed by atoms with van der Waals surface area (Å²) < 4.78 is 25.9. The summed E-state index contributed by atoms with van der Waals surface area (Å²) in [6, 6.07) is 17.6. The van der Waals surface area contributed by atoms with E-state index in [1.807, 2.05) is 37.3 Å². The Morgan fingerprint density at radius 3 is 2.56 bits per heavy atom. The number of fused-ring (bicyclic) bond motifs is 1. The average molecular weight is 494 g/mol. The fraction of sp³-hybridized carbons (Fsp3) is 0.286. The minimum absolute atomic E-state index is 0.0818. The van der Waals surface area contributed by atoms with E-state index in [2.05, 4.69) is 0 Å². The lowest BCUT2D eigenvalue weighted by atomic mass is 9.90. The Morgan fingerprint density at radius 1 is 1.00 bits per heavy atom. The standard InChI is InChI=1S/C28H28FNO6/c1-2-14-34-26-11-8-20(16-27(31)32)15-23(26)21-9-10-25(29)22-12-13-30(17-24(21)22)36-28(33)35-18-19-6-4-3-5-7-19/h3-11,15H,2,12-14,16-18H2,1H3,(H,31,32). The quantitative estimate of drug-likeness (QED) is 0.392. The number of hydrogen-bond donors (Lipinski definition) is 1. The fourth-order valence-corrected chi connectivity index (χ4v) is 4.20. The van der Waals surface area contributed by atoms with Gasteiger partial charge in [-0.25, -0.2) is 9.18 Å². The maximum atomic E-state index is 14.8. The van der Waals surface area contributed by atoms with Crippen molar-refractivity contribution in [1.82, 2.24) is 5.06 Å². The molecular formula is C28H28FNO6. The van der Waals surface area contributed by atoms with E-state index >= 15 is 0 Å². The van der Waals surface area contributed by atoms with E-state index in [4.69, 9.17) is 14.3 Å². The lowest BCUT2D eigenvalue weighted by Gasteiger charge is -2.29. The zero-order chi connectivity index (χ0) is 25.5. The van der Waals surface area contributed by atoms with Gasteiger partial charge in [0.1, 0.15) is 18.2 Å². The number of rotatable bonds is 9. The molecule has 0 spiro atoms. The molecule has 0 saturated heterocycles. The molecule has 3 aromatic rings. The second kappa shape index (κ2) is 11.7. The van der Waals surface area contributed by atoms with Gasteiger partial charge in [-0.2, -0.15) is 0 Å². The van der Waals surface area contributed by atoms with Crippen molar-refractivity contribution in [2.75, 3.05) is 13.2 Å². The molecule has 4 rings (SSSR count). The monoisotopic (exact) mass is 493 g/mol. The van der Waals surface area contributed by atoms with E-state index in [1.165, 1.54) is 11.1 Å². The first-order chi connectivity index (χ1) is 17.4. The van der Waals surface area contributed by atoms with Crippen molar-refractivity contribution in [3.63, 3.8) is 0 Å². The van der Waals surface area contributed by atoms with Gasteiger partial charge >= 0.3 is 12.1 Å². The van der Waals surface area contributed by atoms with Crippen LogP contribution in [0.25, 0.3) is 11.1 Å². The van der Waals surface area contributed by atoms with E-state index in [0.717, 1.165) is 12.0 Å². The highest BCUT2D eigenvalue weighted by atomic mass is 19.1. The molecule has 0 amide bonds. The van der Waals surface area contributed by atoms with Gasteiger partial charge in [-0.3, -0.25) is 4.79 Å². The van der Waals surface area contributed by atoms with Crippen molar-refractivity contribution in [3.05, 3.63) is 88.7 Å². The Hall–Kier alpha value is -3.91. The number of carboxylic acid groups (broad SMARTS) is 1. The second-order valence-electron chi connectivity index (χ2n) is 8.53. The Morgan fingerprint density at radius 2 is 1.81 bits per heavy atom. The largest absolute Gasteiger partial charge is 0.528 e. The van der Waals surface area contributed by atoms with E-state index in [1.54, 1.807) is 24.3 Å². The van der Waals surface area contributed by atoms with E-state index in [-0.39, 0.29) is 25.4 Å². The number of hydroxylamine groups is 2. The van der Waals surface area contributed by atoms with Crippen LogP contribution in [0.1, 0.15) is 35.6 Å². The van der Waals surface area contributed by atoms with Crippen molar-refractivity contribution in [3.8, 4) is 16.9 Å². The highest BCUT2D eigenvalue weighted by Crippen LogP contribution is 2.38. The van der Waals surface area contributed by atoms with Gasteiger partial charge in [-0.1, -0.05) is 49.4 Å². The lowest BCUT2D eigenvalue weighted by Crippen LogP contribution is -2.34. The Kier molecular flexibility index (Phi) is 8.17. The molecule has 0 saturated carbocycles. The summed E-state index contributed by atoms with van der Waals surface area (Å²) in [4.78, 5) is 29.0. The SMILES string of the molecule is CCCOc1ccc(CC(=O)O)cc1-c1ccc(F)c2c1CN(OC(=O)OCc1ccccc1)CC2. The number of carboxylic acids is 1. The first-order valence-electron chi connectivity index (χ1n) is 11.9. The summed E-state index contributed by atoms with van der Waals surface area (Å²) in [5, 5.41) is 10.7. The lowest BCUT2D eigenvalue weighted by molar-refractivity contribution is -0.139. The summed E-state index contributed by atoms with van der Waals surface area (Å²) in [6.45, 7) is 3.02. The minimum atomic E-state index is -0.946. The smallest absolute Gasteiger partial charge is 0.493 e. The van der Waals surface area contributed by atoms with E-state index in [9.17, 15) is 19.1 Å².